The first kappa shape index (κ1) is 21.8. The van der Waals surface area contributed by atoms with Crippen LogP contribution < -0.4 is 10.2 Å². The highest BCUT2D eigenvalue weighted by Gasteiger charge is 2.48. The molecule has 1 aliphatic rings. The van der Waals surface area contributed by atoms with Gasteiger partial charge in [-0.15, -0.1) is 11.3 Å². The fourth-order valence-corrected chi connectivity index (χ4v) is 7.13. The van der Waals surface area contributed by atoms with Crippen molar-refractivity contribution in [2.75, 3.05) is 19.8 Å². The van der Waals surface area contributed by atoms with Gasteiger partial charge in [0.05, 0.1) is 16.8 Å². The molecule has 164 valence electrons. The van der Waals surface area contributed by atoms with Gasteiger partial charge in [-0.25, -0.2) is 10.5 Å². The molecule has 0 saturated carbocycles. The van der Waals surface area contributed by atoms with Crippen molar-refractivity contribution in [1.82, 2.24) is 10.5 Å². The number of thiazole rings is 1. The highest BCUT2D eigenvalue weighted by atomic mass is 32.2. The first-order chi connectivity index (χ1) is 14.9. The maximum Gasteiger partial charge on any atom is 0.262 e. The average Bonchev–Trinajstić information content (AvgIpc) is 3.23. The quantitative estimate of drug-likeness (QED) is 0.332. The van der Waals surface area contributed by atoms with Gasteiger partial charge in [0.15, 0.2) is 0 Å². The topological polar surface area (TPSA) is 97.8 Å². The summed E-state index contributed by atoms with van der Waals surface area (Å²) in [5.41, 5.74) is 3.43. The van der Waals surface area contributed by atoms with Crippen LogP contribution in [-0.2, 0) is 19.1 Å². The van der Waals surface area contributed by atoms with Crippen LogP contribution in [-0.4, -0.2) is 50.7 Å². The Bertz CT molecular complexity index is 1200. The molecule has 0 aliphatic carbocycles. The Balaban J connectivity index is 1.72. The van der Waals surface area contributed by atoms with Crippen molar-refractivity contribution in [3.8, 4) is 16.3 Å². The van der Waals surface area contributed by atoms with Crippen molar-refractivity contribution in [3.05, 3.63) is 42.5 Å². The summed E-state index contributed by atoms with van der Waals surface area (Å²) in [7, 11) is -3.08. The number of rotatable bonds is 6. The summed E-state index contributed by atoms with van der Waals surface area (Å²) in [6.45, 7) is 3.11. The first-order valence-corrected chi connectivity index (χ1v) is 12.5. The maximum absolute atomic E-state index is 13.9. The van der Waals surface area contributed by atoms with E-state index in [9.17, 15) is 14.2 Å². The molecule has 0 bridgehead atoms. The smallest absolute Gasteiger partial charge is 0.262 e. The molecule has 1 aromatic heterocycles. The average molecular weight is 461 g/mol. The number of amides is 1. The molecule has 2 aromatic carbocycles. The fraction of sp³-hybridized carbons (Fsp3) is 0.318. The summed E-state index contributed by atoms with van der Waals surface area (Å²) in [5.74, 6) is 4.09. The van der Waals surface area contributed by atoms with Crippen LogP contribution in [0.25, 0.3) is 20.8 Å². The molecule has 1 saturated heterocycles. The third-order valence-electron chi connectivity index (χ3n) is 5.60. The standard InChI is InChI=1S/C22H24N2O5S2/c1-3-29-16-6-4-15(5-7-16)20-23-18-9-8-17(14-19(18)30-20)31(2,27)22(21(25)24-26)10-12-28-13-11-22/h4-9,14,26H,2-3,10-13H2,1H3,(H,24,25). The zero-order chi connectivity index (χ0) is 22.1. The Kier molecular flexibility index (Phi) is 6.02. The lowest BCUT2D eigenvalue weighted by Crippen LogP contribution is -2.54. The molecular formula is C22H24N2O5S2. The van der Waals surface area contributed by atoms with E-state index < -0.39 is 20.2 Å². The number of carbonyl (C=O) groups is 1. The molecular weight excluding hydrogens is 436 g/mol. The molecule has 0 radical (unpaired) electrons. The van der Waals surface area contributed by atoms with Gasteiger partial charge >= 0.3 is 0 Å². The van der Waals surface area contributed by atoms with Crippen LogP contribution in [0.2, 0.25) is 0 Å². The van der Waals surface area contributed by atoms with Gasteiger partial charge in [0, 0.05) is 33.2 Å². The van der Waals surface area contributed by atoms with E-state index >= 15 is 0 Å². The molecule has 31 heavy (non-hydrogen) atoms. The van der Waals surface area contributed by atoms with Gasteiger partial charge in [-0.05, 0) is 68.1 Å². The van der Waals surface area contributed by atoms with Gasteiger partial charge in [-0.1, -0.05) is 0 Å². The number of hydrogen-bond acceptors (Lipinski definition) is 7. The minimum atomic E-state index is -3.08. The fourth-order valence-electron chi connectivity index (χ4n) is 3.83. The van der Waals surface area contributed by atoms with Gasteiger partial charge in [-0.3, -0.25) is 14.2 Å². The minimum Gasteiger partial charge on any atom is -0.494 e. The Morgan fingerprint density at radius 1 is 1.29 bits per heavy atom. The SMILES string of the molecule is C=S(=O)(c1ccc2nc(-c3ccc(OCC)cc3)sc2c1)C1(C(=O)NO)CCOCC1. The molecule has 1 aliphatic heterocycles. The van der Waals surface area contributed by atoms with Gasteiger partial charge in [0.2, 0.25) is 0 Å². The Morgan fingerprint density at radius 2 is 2.00 bits per heavy atom. The van der Waals surface area contributed by atoms with Crippen molar-refractivity contribution < 1.29 is 23.7 Å². The lowest BCUT2D eigenvalue weighted by Gasteiger charge is -2.37. The highest BCUT2D eigenvalue weighted by molar-refractivity contribution is 8.02. The monoisotopic (exact) mass is 460 g/mol. The van der Waals surface area contributed by atoms with Crippen LogP contribution in [0.1, 0.15) is 19.8 Å². The van der Waals surface area contributed by atoms with Crippen molar-refractivity contribution >= 4 is 42.9 Å². The Morgan fingerprint density at radius 3 is 2.65 bits per heavy atom. The molecule has 7 nitrogen and oxygen atoms in total. The van der Waals surface area contributed by atoms with E-state index in [4.69, 9.17) is 9.47 Å². The summed E-state index contributed by atoms with van der Waals surface area (Å²) < 4.78 is 24.3. The van der Waals surface area contributed by atoms with E-state index in [0.29, 0.717) is 11.5 Å². The van der Waals surface area contributed by atoms with Crippen molar-refractivity contribution in [3.63, 3.8) is 0 Å². The summed E-state index contributed by atoms with van der Waals surface area (Å²) >= 11 is 1.48. The van der Waals surface area contributed by atoms with Crippen LogP contribution in [0.4, 0.5) is 0 Å². The summed E-state index contributed by atoms with van der Waals surface area (Å²) in [5, 5.41) is 10.1. The highest BCUT2D eigenvalue weighted by Crippen LogP contribution is 2.38. The molecule has 4 rings (SSSR count). The maximum atomic E-state index is 13.9. The van der Waals surface area contributed by atoms with E-state index in [2.05, 4.69) is 10.9 Å². The molecule has 1 amide bonds. The van der Waals surface area contributed by atoms with Crippen LogP contribution in [0.15, 0.2) is 47.4 Å². The largest absolute Gasteiger partial charge is 0.494 e. The summed E-state index contributed by atoms with van der Waals surface area (Å²) in [6.07, 6.45) is 0.444. The normalized spacial score (nSPS) is 17.7. The van der Waals surface area contributed by atoms with Gasteiger partial charge in [0.25, 0.3) is 5.91 Å². The zero-order valence-corrected chi connectivity index (χ0v) is 18.8. The van der Waals surface area contributed by atoms with Crippen LogP contribution in [0, 0.1) is 0 Å². The number of nitrogens with zero attached hydrogens (tertiary/aromatic N) is 1. The second-order valence-corrected chi connectivity index (χ2v) is 11.0. The van der Waals surface area contributed by atoms with Gasteiger partial charge < -0.3 is 9.47 Å². The minimum absolute atomic E-state index is 0.222. The van der Waals surface area contributed by atoms with Crippen molar-refractivity contribution in [1.29, 1.82) is 0 Å². The second kappa shape index (κ2) is 8.58. The van der Waals surface area contributed by atoms with E-state index in [1.54, 1.807) is 23.7 Å². The molecule has 2 N–H and O–H groups in total. The van der Waals surface area contributed by atoms with Crippen molar-refractivity contribution in [2.45, 2.75) is 29.4 Å². The zero-order valence-electron chi connectivity index (χ0n) is 17.1. The lowest BCUT2D eigenvalue weighted by atomic mass is 9.98. The van der Waals surface area contributed by atoms with Crippen LogP contribution in [0.3, 0.4) is 0 Å². The van der Waals surface area contributed by atoms with Gasteiger partial charge in [0.1, 0.15) is 15.5 Å². The van der Waals surface area contributed by atoms with Crippen molar-refractivity contribution in [2.24, 2.45) is 0 Å². The molecule has 9 heteroatoms. The third-order valence-corrected chi connectivity index (χ3v) is 9.54. The van der Waals surface area contributed by atoms with E-state index in [1.807, 2.05) is 31.2 Å². The molecule has 3 aromatic rings. The van der Waals surface area contributed by atoms with Gasteiger partial charge in [-0.2, -0.15) is 0 Å². The number of hydroxylamine groups is 1. The number of fused-ring (bicyclic) bond motifs is 1. The molecule has 0 spiro atoms. The van der Waals surface area contributed by atoms with E-state index in [0.717, 1.165) is 26.5 Å². The molecule has 1 fully saturated rings. The lowest BCUT2D eigenvalue weighted by molar-refractivity contribution is -0.134. The van der Waals surface area contributed by atoms with E-state index in [-0.39, 0.29) is 26.1 Å². The predicted octanol–water partition coefficient (Wildman–Crippen LogP) is 3.49. The number of ether oxygens (including phenoxy) is 2. The predicted molar refractivity (Wildman–Crippen MR) is 122 cm³/mol. The van der Waals surface area contributed by atoms with E-state index in [1.165, 1.54) is 11.3 Å². The number of benzene rings is 2. The molecule has 2 heterocycles. The number of hydrogen-bond donors (Lipinski definition) is 2. The summed E-state index contributed by atoms with van der Waals surface area (Å²) in [4.78, 5) is 17.7. The van der Waals surface area contributed by atoms with Crippen LogP contribution >= 0.6 is 11.3 Å². The second-order valence-electron chi connectivity index (χ2n) is 7.33. The number of nitrogens with one attached hydrogen (secondary N) is 1. The third kappa shape index (κ3) is 3.82. The Labute approximate surface area is 185 Å². The number of carbonyl (C=O) groups excluding carboxylic acids is 1. The Hall–Kier alpha value is -2.46. The first-order valence-electron chi connectivity index (χ1n) is 9.94. The van der Waals surface area contributed by atoms with Crippen LogP contribution in [0.5, 0.6) is 5.75 Å². The summed E-state index contributed by atoms with van der Waals surface area (Å²) in [6, 6.07) is 13.0. The molecule has 1 atom stereocenters. The molecule has 1 unspecified atom stereocenters. The number of aromatic nitrogens is 1.